The molecule has 5 heteroatoms. The lowest BCUT2D eigenvalue weighted by Crippen LogP contribution is -2.24. The molecule has 0 saturated heterocycles. The Hall–Kier alpha value is -2.14. The lowest BCUT2D eigenvalue weighted by atomic mass is 10.0. The lowest BCUT2D eigenvalue weighted by Gasteiger charge is -2.16. The Morgan fingerprint density at radius 3 is 2.73 bits per heavy atom. The van der Waals surface area contributed by atoms with Gasteiger partial charge >= 0.3 is 0 Å². The Labute approximate surface area is 157 Å². The third-order valence-electron chi connectivity index (χ3n) is 4.14. The minimum absolute atomic E-state index is 0.251. The van der Waals surface area contributed by atoms with E-state index >= 15 is 0 Å². The molecule has 26 heavy (non-hydrogen) atoms. The quantitative estimate of drug-likeness (QED) is 0.631. The van der Waals surface area contributed by atoms with Crippen molar-refractivity contribution in [1.29, 1.82) is 0 Å². The third-order valence-corrected chi connectivity index (χ3v) is 4.49. The van der Waals surface area contributed by atoms with Gasteiger partial charge in [-0.2, -0.15) is 0 Å². The summed E-state index contributed by atoms with van der Waals surface area (Å²) in [5.74, 6) is 0.370. The number of aliphatic hydroxyl groups excluding tert-OH is 1. The van der Waals surface area contributed by atoms with E-state index in [-0.39, 0.29) is 12.4 Å². The number of fused-ring (bicyclic) bond motifs is 1. The largest absolute Gasteiger partial charge is 0.488 e. The van der Waals surface area contributed by atoms with Crippen LogP contribution in [-0.4, -0.2) is 17.8 Å². The first-order valence-corrected chi connectivity index (χ1v) is 8.88. The van der Waals surface area contributed by atoms with E-state index in [1.54, 1.807) is 13.0 Å². The zero-order valence-corrected chi connectivity index (χ0v) is 15.3. The van der Waals surface area contributed by atoms with Crippen molar-refractivity contribution in [1.82, 2.24) is 5.32 Å². The molecule has 3 aromatic carbocycles. The second-order valence-electron chi connectivity index (χ2n) is 6.27. The van der Waals surface area contributed by atoms with Gasteiger partial charge < -0.3 is 15.2 Å². The Morgan fingerprint density at radius 2 is 1.96 bits per heavy atom. The molecule has 3 nitrogen and oxygen atoms in total. The summed E-state index contributed by atoms with van der Waals surface area (Å²) in [4.78, 5) is 0. The summed E-state index contributed by atoms with van der Waals surface area (Å²) >= 11 is 6.09. The van der Waals surface area contributed by atoms with Gasteiger partial charge in [-0.15, -0.1) is 0 Å². The van der Waals surface area contributed by atoms with Crippen molar-refractivity contribution in [3.8, 4) is 5.75 Å². The highest BCUT2D eigenvalue weighted by molar-refractivity contribution is 6.31. The maximum Gasteiger partial charge on any atom is 0.124 e. The van der Waals surface area contributed by atoms with Crippen LogP contribution in [0.2, 0.25) is 5.02 Å². The van der Waals surface area contributed by atoms with Crippen LogP contribution in [0.5, 0.6) is 5.75 Å². The number of hydrogen-bond donors (Lipinski definition) is 2. The molecule has 0 aromatic heterocycles. The molecule has 136 valence electrons. The molecule has 3 aromatic rings. The summed E-state index contributed by atoms with van der Waals surface area (Å²) in [6.45, 7) is 3.05. The van der Waals surface area contributed by atoms with Crippen LogP contribution in [-0.2, 0) is 13.2 Å². The summed E-state index contributed by atoms with van der Waals surface area (Å²) < 4.78 is 19.2. The van der Waals surface area contributed by atoms with Gasteiger partial charge in [0.15, 0.2) is 0 Å². The molecule has 0 bridgehead atoms. The number of halogens is 2. The van der Waals surface area contributed by atoms with E-state index in [9.17, 15) is 9.50 Å². The SMILES string of the molecule is CC(O)CNCc1c(OCc2ccc(F)cc2Cl)ccc2ccccc12. The Kier molecular flexibility index (Phi) is 6.09. The van der Waals surface area contributed by atoms with Crippen molar-refractivity contribution < 1.29 is 14.2 Å². The predicted molar refractivity (Wildman–Crippen MR) is 103 cm³/mol. The average molecular weight is 374 g/mol. The minimum Gasteiger partial charge on any atom is -0.488 e. The van der Waals surface area contributed by atoms with Crippen LogP contribution < -0.4 is 10.1 Å². The van der Waals surface area contributed by atoms with Crippen molar-refractivity contribution in [2.45, 2.75) is 26.2 Å². The molecule has 2 N–H and O–H groups in total. The Balaban J connectivity index is 1.86. The average Bonchev–Trinajstić information content (AvgIpc) is 2.61. The zero-order chi connectivity index (χ0) is 18.5. The van der Waals surface area contributed by atoms with Crippen LogP contribution in [0.4, 0.5) is 4.39 Å². The standard InChI is InChI=1S/C21H21ClFNO2/c1-14(25)11-24-12-19-18-5-3-2-4-15(18)7-9-21(19)26-13-16-6-8-17(23)10-20(16)22/h2-10,14,24-25H,11-13H2,1H3. The lowest BCUT2D eigenvalue weighted by molar-refractivity contribution is 0.190. The Bertz CT molecular complexity index is 898. The normalized spacial score (nSPS) is 12.3. The van der Waals surface area contributed by atoms with Gasteiger partial charge in [0, 0.05) is 24.2 Å². The number of nitrogens with one attached hydrogen (secondary N) is 1. The molecule has 1 unspecified atom stereocenters. The van der Waals surface area contributed by atoms with E-state index in [2.05, 4.69) is 5.32 Å². The van der Waals surface area contributed by atoms with Crippen LogP contribution in [0.3, 0.4) is 0 Å². The number of benzene rings is 3. The van der Waals surface area contributed by atoms with Crippen molar-refractivity contribution in [3.05, 3.63) is 76.6 Å². The fraction of sp³-hybridized carbons (Fsp3) is 0.238. The van der Waals surface area contributed by atoms with Gasteiger partial charge in [0.1, 0.15) is 18.2 Å². The molecule has 0 fully saturated rings. The maximum absolute atomic E-state index is 13.2. The molecule has 0 saturated carbocycles. The first kappa shape index (κ1) is 18.6. The second kappa shape index (κ2) is 8.49. The molecule has 0 aliphatic heterocycles. The van der Waals surface area contributed by atoms with Crippen LogP contribution in [0, 0.1) is 5.82 Å². The van der Waals surface area contributed by atoms with Crippen LogP contribution in [0.1, 0.15) is 18.1 Å². The first-order valence-electron chi connectivity index (χ1n) is 8.50. The zero-order valence-electron chi connectivity index (χ0n) is 14.5. The maximum atomic E-state index is 13.2. The molecule has 0 aliphatic carbocycles. The van der Waals surface area contributed by atoms with Crippen molar-refractivity contribution >= 4 is 22.4 Å². The molecule has 0 spiro atoms. The second-order valence-corrected chi connectivity index (χ2v) is 6.67. The van der Waals surface area contributed by atoms with Crippen LogP contribution in [0.25, 0.3) is 10.8 Å². The number of rotatable bonds is 7. The fourth-order valence-electron chi connectivity index (χ4n) is 2.83. The van der Waals surface area contributed by atoms with E-state index in [0.717, 1.165) is 27.6 Å². The highest BCUT2D eigenvalue weighted by atomic mass is 35.5. The summed E-state index contributed by atoms with van der Waals surface area (Å²) in [6, 6.07) is 16.3. The summed E-state index contributed by atoms with van der Waals surface area (Å²) in [6.07, 6.45) is -0.424. The van der Waals surface area contributed by atoms with Gasteiger partial charge in [-0.25, -0.2) is 4.39 Å². The van der Waals surface area contributed by atoms with Gasteiger partial charge in [0.05, 0.1) is 11.1 Å². The van der Waals surface area contributed by atoms with Crippen molar-refractivity contribution in [2.24, 2.45) is 0 Å². The van der Waals surface area contributed by atoms with E-state index in [0.29, 0.717) is 18.1 Å². The number of aliphatic hydroxyl groups is 1. The number of ether oxygens (including phenoxy) is 1. The fourth-order valence-corrected chi connectivity index (χ4v) is 3.06. The van der Waals surface area contributed by atoms with Gasteiger partial charge in [0.2, 0.25) is 0 Å². The van der Waals surface area contributed by atoms with Gasteiger partial charge in [-0.1, -0.05) is 48.0 Å². The van der Waals surface area contributed by atoms with Gasteiger partial charge in [-0.05, 0) is 35.9 Å². The third kappa shape index (κ3) is 4.52. The number of hydrogen-bond acceptors (Lipinski definition) is 3. The molecular weight excluding hydrogens is 353 g/mol. The molecular formula is C21H21ClFNO2. The molecule has 1 atom stereocenters. The topological polar surface area (TPSA) is 41.5 Å². The van der Waals surface area contributed by atoms with Gasteiger partial charge in [0.25, 0.3) is 0 Å². The molecule has 3 rings (SSSR count). The van der Waals surface area contributed by atoms with Crippen molar-refractivity contribution in [3.63, 3.8) is 0 Å². The van der Waals surface area contributed by atoms with Crippen LogP contribution in [0.15, 0.2) is 54.6 Å². The van der Waals surface area contributed by atoms with E-state index < -0.39 is 6.10 Å². The highest BCUT2D eigenvalue weighted by Gasteiger charge is 2.11. The first-order chi connectivity index (χ1) is 12.5. The van der Waals surface area contributed by atoms with Crippen molar-refractivity contribution in [2.75, 3.05) is 6.54 Å². The molecule has 0 radical (unpaired) electrons. The van der Waals surface area contributed by atoms with E-state index in [1.165, 1.54) is 12.1 Å². The van der Waals surface area contributed by atoms with E-state index in [4.69, 9.17) is 16.3 Å². The van der Waals surface area contributed by atoms with Gasteiger partial charge in [-0.3, -0.25) is 0 Å². The predicted octanol–water partition coefficient (Wildman–Crippen LogP) is 4.68. The molecule has 0 heterocycles. The summed E-state index contributed by atoms with van der Waals surface area (Å²) in [5, 5.41) is 15.3. The highest BCUT2D eigenvalue weighted by Crippen LogP contribution is 2.29. The summed E-state index contributed by atoms with van der Waals surface area (Å²) in [5.41, 5.74) is 1.74. The summed E-state index contributed by atoms with van der Waals surface area (Å²) in [7, 11) is 0. The monoisotopic (exact) mass is 373 g/mol. The minimum atomic E-state index is -0.424. The van der Waals surface area contributed by atoms with E-state index in [1.807, 2.05) is 36.4 Å². The van der Waals surface area contributed by atoms with Crippen LogP contribution >= 0.6 is 11.6 Å². The molecule has 0 amide bonds. The molecule has 0 aliphatic rings. The smallest absolute Gasteiger partial charge is 0.124 e. The Morgan fingerprint density at radius 1 is 1.15 bits per heavy atom.